The van der Waals surface area contributed by atoms with Crippen LogP contribution in [-0.2, 0) is 4.79 Å². The standard InChI is InChI=1S/C7H10F2O/c1-4(2)6(10)5-3-7(5,8)9/h4-5H,3H2,1-2H3/t5-/m0/s1. The summed E-state index contributed by atoms with van der Waals surface area (Å²) in [6.45, 7) is 3.30. The number of rotatable bonds is 2. The van der Waals surface area contributed by atoms with E-state index < -0.39 is 11.8 Å². The van der Waals surface area contributed by atoms with E-state index >= 15 is 0 Å². The first-order valence-corrected chi connectivity index (χ1v) is 3.36. The van der Waals surface area contributed by atoms with Crippen LogP contribution in [0.4, 0.5) is 8.78 Å². The molecule has 0 aromatic rings. The Bertz CT molecular complexity index is 163. The van der Waals surface area contributed by atoms with Crippen LogP contribution in [0.1, 0.15) is 20.3 Å². The zero-order chi connectivity index (χ0) is 7.94. The Balaban J connectivity index is 2.48. The minimum Gasteiger partial charge on any atom is -0.299 e. The molecule has 1 aliphatic carbocycles. The molecule has 0 amide bonds. The third-order valence-corrected chi connectivity index (χ3v) is 1.74. The molecular weight excluding hydrogens is 138 g/mol. The molecule has 1 nitrogen and oxygen atoms in total. The molecule has 1 rings (SSSR count). The second kappa shape index (κ2) is 2.01. The SMILES string of the molecule is CC(C)C(=O)[C@@H]1CC1(F)F. The maximum absolute atomic E-state index is 12.2. The summed E-state index contributed by atoms with van der Waals surface area (Å²) in [7, 11) is 0. The van der Waals surface area contributed by atoms with Gasteiger partial charge in [0, 0.05) is 12.3 Å². The third kappa shape index (κ3) is 1.18. The van der Waals surface area contributed by atoms with Crippen molar-refractivity contribution in [3.05, 3.63) is 0 Å². The second-order valence-corrected chi connectivity index (χ2v) is 3.07. The highest BCUT2D eigenvalue weighted by Gasteiger charge is 2.60. The van der Waals surface area contributed by atoms with Gasteiger partial charge in [0.2, 0.25) is 0 Å². The summed E-state index contributed by atoms with van der Waals surface area (Å²) in [4.78, 5) is 10.8. The van der Waals surface area contributed by atoms with E-state index in [1.54, 1.807) is 13.8 Å². The van der Waals surface area contributed by atoms with E-state index in [0.29, 0.717) is 0 Å². The molecule has 10 heavy (non-hydrogen) atoms. The minimum atomic E-state index is -2.68. The van der Waals surface area contributed by atoms with Gasteiger partial charge in [-0.05, 0) is 0 Å². The number of carbonyl (C=O) groups excluding carboxylic acids is 1. The van der Waals surface area contributed by atoms with Crippen LogP contribution in [-0.4, -0.2) is 11.7 Å². The van der Waals surface area contributed by atoms with E-state index in [-0.39, 0.29) is 18.1 Å². The van der Waals surface area contributed by atoms with Gasteiger partial charge < -0.3 is 0 Å². The molecule has 1 fully saturated rings. The van der Waals surface area contributed by atoms with E-state index in [0.717, 1.165) is 0 Å². The van der Waals surface area contributed by atoms with Crippen molar-refractivity contribution in [2.24, 2.45) is 11.8 Å². The summed E-state index contributed by atoms with van der Waals surface area (Å²) < 4.78 is 24.4. The first kappa shape index (κ1) is 7.63. The smallest absolute Gasteiger partial charge is 0.258 e. The summed E-state index contributed by atoms with van der Waals surface area (Å²) in [5, 5.41) is 0. The molecule has 58 valence electrons. The van der Waals surface area contributed by atoms with Crippen LogP contribution in [0.5, 0.6) is 0 Å². The third-order valence-electron chi connectivity index (χ3n) is 1.74. The van der Waals surface area contributed by atoms with E-state index in [1.807, 2.05) is 0 Å². The lowest BCUT2D eigenvalue weighted by Gasteiger charge is -2.00. The molecule has 1 aliphatic rings. The second-order valence-electron chi connectivity index (χ2n) is 3.07. The first-order chi connectivity index (χ1) is 4.45. The van der Waals surface area contributed by atoms with Crippen LogP contribution in [0.25, 0.3) is 0 Å². The van der Waals surface area contributed by atoms with Crippen molar-refractivity contribution < 1.29 is 13.6 Å². The van der Waals surface area contributed by atoms with Crippen molar-refractivity contribution in [3.63, 3.8) is 0 Å². The van der Waals surface area contributed by atoms with Gasteiger partial charge in [-0.2, -0.15) is 0 Å². The lowest BCUT2D eigenvalue weighted by atomic mass is 10.1. The summed E-state index contributed by atoms with van der Waals surface area (Å²) in [6.07, 6.45) is -0.232. The maximum Gasteiger partial charge on any atom is 0.258 e. The summed E-state index contributed by atoms with van der Waals surface area (Å²) in [5.41, 5.74) is 0. The fraction of sp³-hybridized carbons (Fsp3) is 0.857. The van der Waals surface area contributed by atoms with Crippen LogP contribution in [0.15, 0.2) is 0 Å². The number of carbonyl (C=O) groups is 1. The molecule has 0 N–H and O–H groups in total. The van der Waals surface area contributed by atoms with Crippen molar-refractivity contribution in [1.82, 2.24) is 0 Å². The normalized spacial score (nSPS) is 28.7. The van der Waals surface area contributed by atoms with Crippen molar-refractivity contribution in [3.8, 4) is 0 Å². The Labute approximate surface area is 58.4 Å². The van der Waals surface area contributed by atoms with Crippen molar-refractivity contribution in [2.75, 3.05) is 0 Å². The Kier molecular flexibility index (Phi) is 1.53. The number of hydrogen-bond donors (Lipinski definition) is 0. The lowest BCUT2D eigenvalue weighted by molar-refractivity contribution is -0.125. The topological polar surface area (TPSA) is 17.1 Å². The van der Waals surface area contributed by atoms with Gasteiger partial charge in [0.1, 0.15) is 5.78 Å². The molecule has 1 saturated carbocycles. The minimum absolute atomic E-state index is 0.232. The fourth-order valence-electron chi connectivity index (χ4n) is 0.924. The fourth-order valence-corrected chi connectivity index (χ4v) is 0.924. The van der Waals surface area contributed by atoms with Gasteiger partial charge in [-0.25, -0.2) is 8.78 Å². The Morgan fingerprint density at radius 3 is 2.10 bits per heavy atom. The summed E-state index contributed by atoms with van der Waals surface area (Å²) in [6, 6.07) is 0. The van der Waals surface area contributed by atoms with Crippen LogP contribution in [0.3, 0.4) is 0 Å². The van der Waals surface area contributed by atoms with Crippen LogP contribution in [0.2, 0.25) is 0 Å². The number of halogens is 2. The van der Waals surface area contributed by atoms with Gasteiger partial charge >= 0.3 is 0 Å². The average Bonchev–Trinajstić information content (AvgIpc) is 2.38. The van der Waals surface area contributed by atoms with Gasteiger partial charge in [0.15, 0.2) is 0 Å². The van der Waals surface area contributed by atoms with E-state index in [4.69, 9.17) is 0 Å². The zero-order valence-electron chi connectivity index (χ0n) is 6.03. The largest absolute Gasteiger partial charge is 0.299 e. The van der Waals surface area contributed by atoms with E-state index in [9.17, 15) is 13.6 Å². The molecule has 3 heteroatoms. The van der Waals surface area contributed by atoms with Crippen LogP contribution < -0.4 is 0 Å². The highest BCUT2D eigenvalue weighted by atomic mass is 19.3. The number of hydrogen-bond acceptors (Lipinski definition) is 1. The van der Waals surface area contributed by atoms with Gasteiger partial charge in [-0.15, -0.1) is 0 Å². The van der Waals surface area contributed by atoms with Crippen molar-refractivity contribution in [2.45, 2.75) is 26.2 Å². The molecule has 0 saturated heterocycles. The van der Waals surface area contributed by atoms with Crippen LogP contribution in [0, 0.1) is 11.8 Å². The Hall–Kier alpha value is -0.470. The van der Waals surface area contributed by atoms with Crippen molar-refractivity contribution in [1.29, 1.82) is 0 Å². The van der Waals surface area contributed by atoms with E-state index in [1.165, 1.54) is 0 Å². The predicted octanol–water partition coefficient (Wildman–Crippen LogP) is 1.87. The average molecular weight is 148 g/mol. The zero-order valence-corrected chi connectivity index (χ0v) is 6.03. The molecule has 0 aliphatic heterocycles. The molecule has 0 heterocycles. The molecule has 0 radical (unpaired) electrons. The van der Waals surface area contributed by atoms with Gasteiger partial charge in [-0.3, -0.25) is 4.79 Å². The molecule has 0 spiro atoms. The monoisotopic (exact) mass is 148 g/mol. The molecule has 0 aromatic carbocycles. The number of Topliss-reactive ketones (excluding diaryl/α,β-unsaturated/α-hetero) is 1. The summed E-state index contributed by atoms with van der Waals surface area (Å²) >= 11 is 0. The predicted molar refractivity (Wildman–Crippen MR) is 32.9 cm³/mol. The van der Waals surface area contributed by atoms with Gasteiger partial charge in [0.05, 0.1) is 5.92 Å². The molecule has 1 atom stereocenters. The maximum atomic E-state index is 12.2. The van der Waals surface area contributed by atoms with E-state index in [2.05, 4.69) is 0 Å². The van der Waals surface area contributed by atoms with Crippen molar-refractivity contribution >= 4 is 5.78 Å². The van der Waals surface area contributed by atoms with Gasteiger partial charge in [-0.1, -0.05) is 13.8 Å². The van der Waals surface area contributed by atoms with Gasteiger partial charge in [0.25, 0.3) is 5.92 Å². The highest BCUT2D eigenvalue weighted by Crippen LogP contribution is 2.50. The number of alkyl halides is 2. The quantitative estimate of drug-likeness (QED) is 0.584. The Morgan fingerprint density at radius 1 is 1.60 bits per heavy atom. The lowest BCUT2D eigenvalue weighted by Crippen LogP contribution is -2.13. The molecule has 0 unspecified atom stereocenters. The summed E-state index contributed by atoms with van der Waals surface area (Å²) in [5.74, 6) is -4.20. The first-order valence-electron chi connectivity index (χ1n) is 3.36. The molecule has 0 bridgehead atoms. The Morgan fingerprint density at radius 2 is 2.00 bits per heavy atom. The molecular formula is C7H10F2O. The number of ketones is 1. The van der Waals surface area contributed by atoms with Crippen LogP contribution >= 0.6 is 0 Å². The molecule has 0 aromatic heterocycles. The highest BCUT2D eigenvalue weighted by molar-refractivity contribution is 5.86.